The molecule has 0 aliphatic carbocycles. The molecule has 3 rings (SSSR count). The number of aromatic nitrogens is 1. The number of pyridine rings is 1. The minimum Gasteiger partial charge on any atom is -0.436 e. The number of ether oxygens (including phenoxy) is 1. The summed E-state index contributed by atoms with van der Waals surface area (Å²) in [5.74, 6) is -0.819. The molecule has 2 aromatic carbocycles. The van der Waals surface area contributed by atoms with Gasteiger partial charge in [0.2, 0.25) is 11.8 Å². The van der Waals surface area contributed by atoms with Crippen LogP contribution in [0.25, 0.3) is 0 Å². The van der Waals surface area contributed by atoms with Crippen LogP contribution in [-0.4, -0.2) is 10.9 Å². The molecule has 0 fully saturated rings. The van der Waals surface area contributed by atoms with Gasteiger partial charge in [-0.05, 0) is 36.2 Å². The first-order chi connectivity index (χ1) is 13.0. The summed E-state index contributed by atoms with van der Waals surface area (Å²) in [7, 11) is 0. The number of amides is 1. The molecule has 0 bridgehead atoms. The molecule has 138 valence electrons. The molecule has 1 atom stereocenters. The van der Waals surface area contributed by atoms with Gasteiger partial charge in [-0.3, -0.25) is 4.79 Å². The first-order valence-corrected chi connectivity index (χ1v) is 8.53. The van der Waals surface area contributed by atoms with Crippen molar-refractivity contribution in [3.8, 4) is 11.6 Å². The first kappa shape index (κ1) is 18.5. The molecule has 0 saturated heterocycles. The minimum absolute atomic E-state index is 0.0641. The second-order valence-electron chi connectivity index (χ2n) is 6.13. The van der Waals surface area contributed by atoms with Gasteiger partial charge >= 0.3 is 0 Å². The summed E-state index contributed by atoms with van der Waals surface area (Å²) >= 11 is 0. The van der Waals surface area contributed by atoms with Gasteiger partial charge in [0.25, 0.3) is 0 Å². The number of nitrogens with two attached hydrogens (primary N) is 1. The van der Waals surface area contributed by atoms with Crippen LogP contribution < -0.4 is 15.8 Å². The van der Waals surface area contributed by atoms with Gasteiger partial charge in [-0.2, -0.15) is 0 Å². The van der Waals surface area contributed by atoms with Crippen LogP contribution in [0.4, 0.5) is 4.39 Å². The summed E-state index contributed by atoms with van der Waals surface area (Å²) in [6, 6.07) is 17.9. The van der Waals surface area contributed by atoms with Gasteiger partial charge in [0.15, 0.2) is 11.6 Å². The average Bonchev–Trinajstić information content (AvgIpc) is 2.69. The van der Waals surface area contributed by atoms with E-state index >= 15 is 0 Å². The fourth-order valence-corrected chi connectivity index (χ4v) is 2.57. The van der Waals surface area contributed by atoms with Crippen LogP contribution in [-0.2, 0) is 6.54 Å². The van der Waals surface area contributed by atoms with Gasteiger partial charge in [0.05, 0.1) is 5.56 Å². The maximum atomic E-state index is 14.3. The summed E-state index contributed by atoms with van der Waals surface area (Å²) in [6.07, 6.45) is 1.29. The number of halogens is 1. The molecule has 27 heavy (non-hydrogen) atoms. The third kappa shape index (κ3) is 4.89. The fourth-order valence-electron chi connectivity index (χ4n) is 2.57. The van der Waals surface area contributed by atoms with Crippen molar-refractivity contribution in [2.75, 3.05) is 0 Å². The van der Waals surface area contributed by atoms with E-state index in [-0.39, 0.29) is 23.2 Å². The molecule has 1 aromatic heterocycles. The molecule has 0 radical (unpaired) electrons. The summed E-state index contributed by atoms with van der Waals surface area (Å²) in [5, 5.41) is 3.36. The van der Waals surface area contributed by atoms with E-state index in [0.717, 1.165) is 5.56 Å². The fraction of sp³-hybridized carbons (Fsp3) is 0.143. The molecule has 1 heterocycles. The number of carbonyl (C=O) groups is 1. The van der Waals surface area contributed by atoms with Crippen molar-refractivity contribution < 1.29 is 13.9 Å². The molecule has 1 amide bonds. The highest BCUT2D eigenvalue weighted by Crippen LogP contribution is 2.24. The van der Waals surface area contributed by atoms with Crippen LogP contribution in [0, 0.1) is 5.82 Å². The van der Waals surface area contributed by atoms with Crippen LogP contribution in [0.2, 0.25) is 0 Å². The number of benzene rings is 2. The van der Waals surface area contributed by atoms with Crippen LogP contribution in [0.1, 0.15) is 34.5 Å². The molecule has 5 nitrogen and oxygen atoms in total. The highest BCUT2D eigenvalue weighted by molar-refractivity contribution is 5.92. The molecule has 0 spiro atoms. The zero-order valence-electron chi connectivity index (χ0n) is 14.9. The number of carbonyl (C=O) groups excluding carboxylic acids is 1. The van der Waals surface area contributed by atoms with E-state index in [1.54, 1.807) is 12.1 Å². The Labute approximate surface area is 157 Å². The number of primary amides is 1. The third-order valence-corrected chi connectivity index (χ3v) is 4.14. The lowest BCUT2D eigenvalue weighted by Gasteiger charge is -2.14. The van der Waals surface area contributed by atoms with E-state index in [1.165, 1.54) is 30.0 Å². The van der Waals surface area contributed by atoms with Crippen molar-refractivity contribution in [3.63, 3.8) is 0 Å². The summed E-state index contributed by atoms with van der Waals surface area (Å²) in [4.78, 5) is 15.0. The van der Waals surface area contributed by atoms with Gasteiger partial charge in [0.1, 0.15) is 0 Å². The predicted molar refractivity (Wildman–Crippen MR) is 101 cm³/mol. The second kappa shape index (κ2) is 8.42. The van der Waals surface area contributed by atoms with E-state index in [2.05, 4.69) is 17.2 Å². The number of nitrogens with one attached hydrogen (secondary N) is 1. The Kier molecular flexibility index (Phi) is 5.78. The van der Waals surface area contributed by atoms with Crippen molar-refractivity contribution in [2.24, 2.45) is 5.73 Å². The van der Waals surface area contributed by atoms with Crippen molar-refractivity contribution in [2.45, 2.75) is 19.5 Å². The van der Waals surface area contributed by atoms with E-state index in [9.17, 15) is 9.18 Å². The highest BCUT2D eigenvalue weighted by Gasteiger charge is 2.09. The molecular formula is C21H20FN3O2. The lowest BCUT2D eigenvalue weighted by atomic mass is 10.1. The largest absolute Gasteiger partial charge is 0.436 e. The third-order valence-electron chi connectivity index (χ3n) is 4.14. The van der Waals surface area contributed by atoms with Crippen molar-refractivity contribution >= 4 is 5.91 Å². The second-order valence-corrected chi connectivity index (χ2v) is 6.13. The Balaban J connectivity index is 1.62. The molecule has 3 N–H and O–H groups in total. The van der Waals surface area contributed by atoms with Gasteiger partial charge in [-0.1, -0.05) is 36.4 Å². The molecule has 0 unspecified atom stereocenters. The molecular weight excluding hydrogens is 345 g/mol. The van der Waals surface area contributed by atoms with Crippen molar-refractivity contribution in [3.05, 3.63) is 89.4 Å². The van der Waals surface area contributed by atoms with E-state index in [4.69, 9.17) is 10.5 Å². The number of hydrogen-bond donors (Lipinski definition) is 2. The van der Waals surface area contributed by atoms with Crippen LogP contribution in [0.15, 0.2) is 66.9 Å². The zero-order chi connectivity index (χ0) is 19.2. The van der Waals surface area contributed by atoms with Crippen LogP contribution >= 0.6 is 0 Å². The number of nitrogens with zero attached hydrogens (tertiary/aromatic N) is 1. The molecule has 0 saturated carbocycles. The Hall–Kier alpha value is -3.25. The van der Waals surface area contributed by atoms with Crippen LogP contribution in [0.3, 0.4) is 0 Å². The normalized spacial score (nSPS) is 11.8. The predicted octanol–water partition coefficient (Wildman–Crippen LogP) is 3.96. The topological polar surface area (TPSA) is 77.2 Å². The quantitative estimate of drug-likeness (QED) is 0.664. The van der Waals surface area contributed by atoms with Crippen LogP contribution in [0.5, 0.6) is 11.6 Å². The van der Waals surface area contributed by atoms with E-state index < -0.39 is 11.7 Å². The maximum Gasteiger partial charge on any atom is 0.250 e. The Morgan fingerprint density at radius 1 is 1.19 bits per heavy atom. The Morgan fingerprint density at radius 3 is 2.59 bits per heavy atom. The van der Waals surface area contributed by atoms with Gasteiger partial charge in [-0.25, -0.2) is 9.37 Å². The number of hydrogen-bond acceptors (Lipinski definition) is 4. The van der Waals surface area contributed by atoms with Gasteiger partial charge < -0.3 is 15.8 Å². The Bertz CT molecular complexity index is 914. The molecule has 6 heteroatoms. The molecule has 0 aliphatic heterocycles. The van der Waals surface area contributed by atoms with E-state index in [1.807, 2.05) is 30.3 Å². The first-order valence-electron chi connectivity index (χ1n) is 8.53. The summed E-state index contributed by atoms with van der Waals surface area (Å²) in [5.41, 5.74) is 7.39. The lowest BCUT2D eigenvalue weighted by Crippen LogP contribution is -2.18. The average molecular weight is 365 g/mol. The summed E-state index contributed by atoms with van der Waals surface area (Å²) < 4.78 is 19.8. The highest BCUT2D eigenvalue weighted by atomic mass is 19.1. The van der Waals surface area contributed by atoms with Gasteiger partial charge in [0, 0.05) is 24.8 Å². The smallest absolute Gasteiger partial charge is 0.250 e. The maximum absolute atomic E-state index is 14.3. The zero-order valence-corrected chi connectivity index (χ0v) is 14.9. The lowest BCUT2D eigenvalue weighted by molar-refractivity contribution is 0.1000. The minimum atomic E-state index is -0.582. The number of rotatable bonds is 7. The Morgan fingerprint density at radius 2 is 1.96 bits per heavy atom. The SMILES string of the molecule is C[C@H](NCc1ccc(Oc2ccc(C(N)=O)cn2)c(F)c1)c1ccccc1. The van der Waals surface area contributed by atoms with Gasteiger partial charge in [-0.15, -0.1) is 0 Å². The monoisotopic (exact) mass is 365 g/mol. The molecule has 3 aromatic rings. The van der Waals surface area contributed by atoms with E-state index in [0.29, 0.717) is 6.54 Å². The van der Waals surface area contributed by atoms with Crippen molar-refractivity contribution in [1.82, 2.24) is 10.3 Å². The molecule has 0 aliphatic rings. The van der Waals surface area contributed by atoms with Crippen molar-refractivity contribution in [1.29, 1.82) is 0 Å². The standard InChI is InChI=1S/C21H20FN3O2/c1-14(16-5-3-2-4-6-16)24-12-15-7-9-19(18(22)11-15)27-20-10-8-17(13-25-20)21(23)26/h2-11,13-14,24H,12H2,1H3,(H2,23,26)/t14-/m0/s1. The summed E-state index contributed by atoms with van der Waals surface area (Å²) in [6.45, 7) is 2.59.